The minimum Gasteiger partial charge on any atom is -0.497 e. The fourth-order valence-corrected chi connectivity index (χ4v) is 2.74. The Morgan fingerprint density at radius 3 is 2.29 bits per heavy atom. The van der Waals surface area contributed by atoms with E-state index in [9.17, 15) is 4.79 Å². The van der Waals surface area contributed by atoms with Gasteiger partial charge in [0.25, 0.3) is 5.91 Å². The Balaban J connectivity index is 2.14. The molecule has 4 nitrogen and oxygen atoms in total. The van der Waals surface area contributed by atoms with Gasteiger partial charge in [-0.2, -0.15) is 0 Å². The molecule has 0 aliphatic carbocycles. The molecule has 0 saturated carbocycles. The lowest BCUT2D eigenvalue weighted by atomic mass is 10.0. The first-order valence-electron chi connectivity index (χ1n) is 8.14. The van der Waals surface area contributed by atoms with Gasteiger partial charge in [0.05, 0.1) is 7.11 Å². The number of hydrogen-bond donors (Lipinski definition) is 1. The molecule has 0 radical (unpaired) electrons. The molecule has 0 aliphatic heterocycles. The van der Waals surface area contributed by atoms with Gasteiger partial charge in [-0.25, -0.2) is 0 Å². The van der Waals surface area contributed by atoms with Crippen LogP contribution in [0.1, 0.15) is 30.0 Å². The summed E-state index contributed by atoms with van der Waals surface area (Å²) in [7, 11) is 1.60. The van der Waals surface area contributed by atoms with Crippen LogP contribution in [-0.4, -0.2) is 19.1 Å². The molecule has 24 heavy (non-hydrogen) atoms. The molecule has 0 fully saturated rings. The molecule has 0 saturated heterocycles. The SMILES string of the molecule is CC[C@H](Oc1cccc(OC)c1)C(=O)Nc1c(C)cc(C)cc1C. The highest BCUT2D eigenvalue weighted by molar-refractivity contribution is 5.95. The lowest BCUT2D eigenvalue weighted by molar-refractivity contribution is -0.122. The summed E-state index contributed by atoms with van der Waals surface area (Å²) in [4.78, 5) is 12.6. The van der Waals surface area contributed by atoms with Crippen LogP contribution in [0.4, 0.5) is 5.69 Å². The van der Waals surface area contributed by atoms with E-state index >= 15 is 0 Å². The van der Waals surface area contributed by atoms with Gasteiger partial charge in [0.1, 0.15) is 11.5 Å². The van der Waals surface area contributed by atoms with Crippen molar-refractivity contribution in [3.63, 3.8) is 0 Å². The Kier molecular flexibility index (Phi) is 5.85. The summed E-state index contributed by atoms with van der Waals surface area (Å²) in [6.45, 7) is 7.98. The van der Waals surface area contributed by atoms with Gasteiger partial charge in [0, 0.05) is 11.8 Å². The lowest BCUT2D eigenvalue weighted by Crippen LogP contribution is -2.32. The maximum atomic E-state index is 12.6. The number of nitrogens with one attached hydrogen (secondary N) is 1. The van der Waals surface area contributed by atoms with Gasteiger partial charge in [-0.05, 0) is 50.5 Å². The van der Waals surface area contributed by atoms with E-state index in [-0.39, 0.29) is 5.91 Å². The average Bonchev–Trinajstić information content (AvgIpc) is 2.55. The van der Waals surface area contributed by atoms with Crippen molar-refractivity contribution >= 4 is 11.6 Å². The normalized spacial score (nSPS) is 11.7. The molecule has 2 rings (SSSR count). The van der Waals surface area contributed by atoms with Crippen molar-refractivity contribution in [2.45, 2.75) is 40.2 Å². The highest BCUT2D eigenvalue weighted by Gasteiger charge is 2.20. The molecule has 1 amide bonds. The quantitative estimate of drug-likeness (QED) is 0.854. The van der Waals surface area contributed by atoms with E-state index in [1.807, 2.05) is 45.9 Å². The van der Waals surface area contributed by atoms with Crippen LogP contribution in [0.25, 0.3) is 0 Å². The summed E-state index contributed by atoms with van der Waals surface area (Å²) in [6, 6.07) is 11.4. The second-order valence-corrected chi connectivity index (χ2v) is 5.96. The number of carbonyl (C=O) groups excluding carboxylic acids is 1. The van der Waals surface area contributed by atoms with Gasteiger partial charge < -0.3 is 14.8 Å². The molecule has 1 atom stereocenters. The largest absolute Gasteiger partial charge is 0.497 e. The van der Waals surface area contributed by atoms with Crippen LogP contribution in [0.15, 0.2) is 36.4 Å². The summed E-state index contributed by atoms with van der Waals surface area (Å²) in [5, 5.41) is 3.01. The zero-order valence-electron chi connectivity index (χ0n) is 15.0. The van der Waals surface area contributed by atoms with Gasteiger partial charge in [0.2, 0.25) is 0 Å². The summed E-state index contributed by atoms with van der Waals surface area (Å²) in [5.74, 6) is 1.18. The molecule has 0 unspecified atom stereocenters. The van der Waals surface area contributed by atoms with Crippen molar-refractivity contribution in [2.24, 2.45) is 0 Å². The molecule has 4 heteroatoms. The Labute approximate surface area is 143 Å². The van der Waals surface area contributed by atoms with E-state index in [4.69, 9.17) is 9.47 Å². The van der Waals surface area contributed by atoms with Crippen LogP contribution < -0.4 is 14.8 Å². The summed E-state index contributed by atoms with van der Waals surface area (Å²) in [5.41, 5.74) is 4.15. The van der Waals surface area contributed by atoms with Gasteiger partial charge in [-0.1, -0.05) is 30.7 Å². The number of rotatable bonds is 6. The summed E-state index contributed by atoms with van der Waals surface area (Å²) < 4.78 is 11.0. The van der Waals surface area contributed by atoms with Crippen molar-refractivity contribution < 1.29 is 14.3 Å². The Morgan fingerprint density at radius 2 is 1.71 bits per heavy atom. The van der Waals surface area contributed by atoms with Gasteiger partial charge >= 0.3 is 0 Å². The molecule has 0 aromatic heterocycles. The molecule has 0 heterocycles. The highest BCUT2D eigenvalue weighted by Crippen LogP contribution is 2.24. The number of carbonyl (C=O) groups is 1. The molecule has 2 aromatic rings. The number of methoxy groups -OCH3 is 1. The molecule has 0 bridgehead atoms. The molecule has 0 aliphatic rings. The van der Waals surface area contributed by atoms with E-state index < -0.39 is 6.10 Å². The third-order valence-electron chi connectivity index (χ3n) is 3.91. The van der Waals surface area contributed by atoms with Crippen LogP contribution >= 0.6 is 0 Å². The van der Waals surface area contributed by atoms with Gasteiger partial charge in [0.15, 0.2) is 6.10 Å². The zero-order chi connectivity index (χ0) is 17.7. The number of hydrogen-bond acceptors (Lipinski definition) is 3. The molecule has 2 aromatic carbocycles. The fourth-order valence-electron chi connectivity index (χ4n) is 2.74. The number of ether oxygens (including phenoxy) is 2. The fraction of sp³-hybridized carbons (Fsp3) is 0.350. The molecular weight excluding hydrogens is 302 g/mol. The monoisotopic (exact) mass is 327 g/mol. The second-order valence-electron chi connectivity index (χ2n) is 5.96. The van der Waals surface area contributed by atoms with Crippen molar-refractivity contribution in [1.29, 1.82) is 0 Å². The Bertz CT molecular complexity index is 702. The highest BCUT2D eigenvalue weighted by atomic mass is 16.5. The first-order valence-corrected chi connectivity index (χ1v) is 8.14. The molecule has 128 valence electrons. The van der Waals surface area contributed by atoms with Crippen molar-refractivity contribution in [1.82, 2.24) is 0 Å². The third kappa shape index (κ3) is 4.28. The second kappa shape index (κ2) is 7.86. The maximum Gasteiger partial charge on any atom is 0.265 e. The van der Waals surface area contributed by atoms with Gasteiger partial charge in [-0.3, -0.25) is 4.79 Å². The lowest BCUT2D eigenvalue weighted by Gasteiger charge is -2.19. The number of amides is 1. The first kappa shape index (κ1) is 17.9. The van der Waals surface area contributed by atoms with E-state index in [0.717, 1.165) is 16.8 Å². The molecular formula is C20H25NO3. The van der Waals surface area contributed by atoms with E-state index in [2.05, 4.69) is 17.4 Å². The average molecular weight is 327 g/mol. The maximum absolute atomic E-state index is 12.6. The van der Waals surface area contributed by atoms with Crippen LogP contribution in [-0.2, 0) is 4.79 Å². The standard InChI is InChI=1S/C20H25NO3/c1-6-18(24-17-9-7-8-16(12-17)23-5)20(22)21-19-14(3)10-13(2)11-15(19)4/h7-12,18H,6H2,1-5H3,(H,21,22)/t18-/m0/s1. The predicted octanol–water partition coefficient (Wildman–Crippen LogP) is 4.42. The number of anilines is 1. The minimum atomic E-state index is -0.558. The van der Waals surface area contributed by atoms with Crippen LogP contribution in [0.2, 0.25) is 0 Å². The van der Waals surface area contributed by atoms with Crippen LogP contribution in [0, 0.1) is 20.8 Å². The third-order valence-corrected chi connectivity index (χ3v) is 3.91. The summed E-state index contributed by atoms with van der Waals surface area (Å²) in [6.07, 6.45) is 0.0182. The Morgan fingerprint density at radius 1 is 1.08 bits per heavy atom. The topological polar surface area (TPSA) is 47.6 Å². The summed E-state index contributed by atoms with van der Waals surface area (Å²) >= 11 is 0. The predicted molar refractivity (Wildman–Crippen MR) is 97.0 cm³/mol. The number of benzene rings is 2. The van der Waals surface area contributed by atoms with E-state index in [0.29, 0.717) is 17.9 Å². The van der Waals surface area contributed by atoms with Crippen LogP contribution in [0.5, 0.6) is 11.5 Å². The van der Waals surface area contributed by atoms with Crippen molar-refractivity contribution in [3.05, 3.63) is 53.1 Å². The Hall–Kier alpha value is -2.49. The van der Waals surface area contributed by atoms with Crippen molar-refractivity contribution in [2.75, 3.05) is 12.4 Å². The minimum absolute atomic E-state index is 0.143. The smallest absolute Gasteiger partial charge is 0.265 e. The van der Waals surface area contributed by atoms with E-state index in [1.54, 1.807) is 13.2 Å². The van der Waals surface area contributed by atoms with Crippen molar-refractivity contribution in [3.8, 4) is 11.5 Å². The van der Waals surface area contributed by atoms with Crippen LogP contribution in [0.3, 0.4) is 0 Å². The van der Waals surface area contributed by atoms with Gasteiger partial charge in [-0.15, -0.1) is 0 Å². The number of aryl methyl sites for hydroxylation is 3. The molecule has 1 N–H and O–H groups in total. The first-order chi connectivity index (χ1) is 11.4. The zero-order valence-corrected chi connectivity index (χ0v) is 15.0. The van der Waals surface area contributed by atoms with E-state index in [1.165, 1.54) is 5.56 Å². The molecule has 0 spiro atoms.